The maximum Gasteiger partial charge on any atom is 0.159 e. The lowest BCUT2D eigenvalue weighted by Crippen LogP contribution is -2.24. The smallest absolute Gasteiger partial charge is 0.159 e. The topological polar surface area (TPSA) is 35.5 Å². The third-order valence-electron chi connectivity index (χ3n) is 3.41. The summed E-state index contributed by atoms with van der Waals surface area (Å²) >= 11 is 0. The average Bonchev–Trinajstić information content (AvgIpc) is 2.35. The lowest BCUT2D eigenvalue weighted by molar-refractivity contribution is -0.115. The zero-order valence-electron chi connectivity index (χ0n) is 9.73. The molecule has 1 aromatic rings. The minimum atomic E-state index is 0.174. The van der Waals surface area contributed by atoms with Gasteiger partial charge >= 0.3 is 0 Å². The quantitative estimate of drug-likeness (QED) is 0.743. The predicted molar refractivity (Wildman–Crippen MR) is 63.1 cm³/mol. The highest BCUT2D eigenvalue weighted by Crippen LogP contribution is 2.38. The first-order valence-corrected chi connectivity index (χ1v) is 5.85. The molecule has 0 saturated carbocycles. The number of carbonyl (C=O) groups excluding carboxylic acids is 1. The number of hydrogen-bond donors (Lipinski definition) is 0. The molecule has 0 aromatic heterocycles. The maximum atomic E-state index is 11.4. The van der Waals surface area contributed by atoms with Crippen LogP contribution in [0, 0.1) is 5.92 Å². The summed E-state index contributed by atoms with van der Waals surface area (Å²) in [6, 6.07) is 5.80. The molecular formula is C14H14O3. The van der Waals surface area contributed by atoms with Gasteiger partial charge in [0, 0.05) is 18.4 Å². The first kappa shape index (κ1) is 10.4. The molecule has 1 aliphatic carbocycles. The van der Waals surface area contributed by atoms with Crippen LogP contribution < -0.4 is 9.47 Å². The molecule has 0 bridgehead atoms. The zero-order valence-corrected chi connectivity index (χ0v) is 9.73. The molecule has 1 atom stereocenters. The monoisotopic (exact) mass is 230 g/mol. The molecule has 1 aliphatic heterocycles. The summed E-state index contributed by atoms with van der Waals surface area (Å²) in [6.45, 7) is 0. The zero-order chi connectivity index (χ0) is 11.8. The van der Waals surface area contributed by atoms with Crippen LogP contribution in [0.2, 0.25) is 0 Å². The molecule has 0 spiro atoms. The van der Waals surface area contributed by atoms with Gasteiger partial charge in [-0.2, -0.15) is 0 Å². The molecule has 1 unspecified atom stereocenters. The number of ether oxygens (including phenoxy) is 2. The van der Waals surface area contributed by atoms with Crippen molar-refractivity contribution in [3.05, 3.63) is 35.6 Å². The number of carbonyl (C=O) groups is 1. The number of allylic oxidation sites excluding steroid dienone is 2. The minimum absolute atomic E-state index is 0.174. The Morgan fingerprint density at radius 3 is 3.12 bits per heavy atom. The van der Waals surface area contributed by atoms with E-state index in [0.717, 1.165) is 30.1 Å². The van der Waals surface area contributed by atoms with Crippen LogP contribution in [0.3, 0.4) is 0 Å². The molecule has 1 heterocycles. The SMILES string of the molecule is COc1ccc2c(c1)CC1CCC(=O)C=C1O2. The van der Waals surface area contributed by atoms with Gasteiger partial charge in [0.05, 0.1) is 7.11 Å². The summed E-state index contributed by atoms with van der Waals surface area (Å²) in [4.78, 5) is 11.4. The van der Waals surface area contributed by atoms with Crippen molar-refractivity contribution in [1.82, 2.24) is 0 Å². The molecule has 1 aromatic carbocycles. The van der Waals surface area contributed by atoms with E-state index in [-0.39, 0.29) is 5.78 Å². The minimum Gasteiger partial charge on any atom is -0.497 e. The van der Waals surface area contributed by atoms with Crippen LogP contribution in [0.4, 0.5) is 0 Å². The lowest BCUT2D eigenvalue weighted by atomic mass is 9.85. The highest BCUT2D eigenvalue weighted by Gasteiger charge is 2.29. The van der Waals surface area contributed by atoms with Gasteiger partial charge in [-0.3, -0.25) is 4.79 Å². The second-order valence-electron chi connectivity index (χ2n) is 4.53. The molecule has 0 saturated heterocycles. The molecule has 3 heteroatoms. The molecule has 0 radical (unpaired) electrons. The lowest BCUT2D eigenvalue weighted by Gasteiger charge is -2.29. The van der Waals surface area contributed by atoms with Crippen molar-refractivity contribution in [2.24, 2.45) is 5.92 Å². The maximum absolute atomic E-state index is 11.4. The fourth-order valence-electron chi connectivity index (χ4n) is 2.46. The third-order valence-corrected chi connectivity index (χ3v) is 3.41. The van der Waals surface area contributed by atoms with Crippen molar-refractivity contribution in [2.45, 2.75) is 19.3 Å². The van der Waals surface area contributed by atoms with E-state index in [1.54, 1.807) is 13.2 Å². The van der Waals surface area contributed by atoms with Crippen molar-refractivity contribution < 1.29 is 14.3 Å². The Balaban J connectivity index is 1.97. The van der Waals surface area contributed by atoms with E-state index < -0.39 is 0 Å². The molecule has 3 nitrogen and oxygen atoms in total. The Labute approximate surface area is 100 Å². The van der Waals surface area contributed by atoms with Gasteiger partial charge in [0.2, 0.25) is 0 Å². The van der Waals surface area contributed by atoms with Crippen molar-refractivity contribution in [2.75, 3.05) is 7.11 Å². The molecule has 88 valence electrons. The van der Waals surface area contributed by atoms with E-state index in [4.69, 9.17) is 9.47 Å². The van der Waals surface area contributed by atoms with Crippen molar-refractivity contribution in [3.63, 3.8) is 0 Å². The van der Waals surface area contributed by atoms with Crippen molar-refractivity contribution >= 4 is 5.78 Å². The van der Waals surface area contributed by atoms with Gasteiger partial charge < -0.3 is 9.47 Å². The van der Waals surface area contributed by atoms with Gasteiger partial charge in [-0.1, -0.05) is 0 Å². The summed E-state index contributed by atoms with van der Waals surface area (Å²) < 4.78 is 11.0. The van der Waals surface area contributed by atoms with Gasteiger partial charge in [-0.05, 0) is 36.6 Å². The fourth-order valence-corrected chi connectivity index (χ4v) is 2.46. The van der Waals surface area contributed by atoms with Crippen LogP contribution in [0.25, 0.3) is 0 Å². The van der Waals surface area contributed by atoms with E-state index >= 15 is 0 Å². The van der Waals surface area contributed by atoms with Crippen LogP contribution >= 0.6 is 0 Å². The first-order chi connectivity index (χ1) is 8.26. The molecule has 2 aliphatic rings. The second kappa shape index (κ2) is 3.91. The normalized spacial score (nSPS) is 22.1. The summed E-state index contributed by atoms with van der Waals surface area (Å²) in [5.74, 6) is 3.06. The highest BCUT2D eigenvalue weighted by molar-refractivity contribution is 5.91. The van der Waals surface area contributed by atoms with E-state index in [1.165, 1.54) is 5.56 Å². The van der Waals surface area contributed by atoms with Gasteiger partial charge in [0.1, 0.15) is 17.3 Å². The van der Waals surface area contributed by atoms with Crippen molar-refractivity contribution in [3.8, 4) is 11.5 Å². The number of hydrogen-bond acceptors (Lipinski definition) is 3. The van der Waals surface area contributed by atoms with E-state index in [9.17, 15) is 4.79 Å². The van der Waals surface area contributed by atoms with Crippen LogP contribution in [0.5, 0.6) is 11.5 Å². The van der Waals surface area contributed by atoms with Crippen LogP contribution in [-0.2, 0) is 11.2 Å². The molecule has 0 fully saturated rings. The standard InChI is InChI=1S/C14H14O3/c1-16-12-4-5-13-10(7-12)6-9-2-3-11(15)8-14(9)17-13/h4-5,7-9H,2-3,6H2,1H3. The summed E-state index contributed by atoms with van der Waals surface area (Å²) in [5.41, 5.74) is 1.17. The van der Waals surface area contributed by atoms with Crippen molar-refractivity contribution in [1.29, 1.82) is 0 Å². The van der Waals surface area contributed by atoms with Gasteiger partial charge in [0.15, 0.2) is 5.78 Å². The Hall–Kier alpha value is -1.77. The van der Waals surface area contributed by atoms with Crippen LogP contribution in [-0.4, -0.2) is 12.9 Å². The summed E-state index contributed by atoms with van der Waals surface area (Å²) in [7, 11) is 1.66. The largest absolute Gasteiger partial charge is 0.497 e. The second-order valence-corrected chi connectivity index (χ2v) is 4.53. The van der Waals surface area contributed by atoms with Crippen LogP contribution in [0.15, 0.2) is 30.0 Å². The first-order valence-electron chi connectivity index (χ1n) is 5.85. The highest BCUT2D eigenvalue weighted by atomic mass is 16.5. The summed E-state index contributed by atoms with van der Waals surface area (Å²) in [5, 5.41) is 0. The Morgan fingerprint density at radius 1 is 1.41 bits per heavy atom. The third kappa shape index (κ3) is 1.82. The van der Waals surface area contributed by atoms with E-state index in [2.05, 4.69) is 0 Å². The predicted octanol–water partition coefficient (Wildman–Crippen LogP) is 2.49. The van der Waals surface area contributed by atoms with Gasteiger partial charge in [-0.25, -0.2) is 0 Å². The Kier molecular flexibility index (Phi) is 2.39. The molecule has 0 N–H and O–H groups in total. The molecule has 0 amide bonds. The fraction of sp³-hybridized carbons (Fsp3) is 0.357. The number of benzene rings is 1. The van der Waals surface area contributed by atoms with E-state index in [1.807, 2.05) is 18.2 Å². The number of fused-ring (bicyclic) bond motifs is 2. The van der Waals surface area contributed by atoms with Gasteiger partial charge in [0.25, 0.3) is 0 Å². The van der Waals surface area contributed by atoms with E-state index in [0.29, 0.717) is 12.3 Å². The Bertz CT molecular complexity index is 502. The summed E-state index contributed by atoms with van der Waals surface area (Å²) in [6.07, 6.45) is 4.12. The number of ketones is 1. The van der Waals surface area contributed by atoms with Gasteiger partial charge in [-0.15, -0.1) is 0 Å². The Morgan fingerprint density at radius 2 is 2.29 bits per heavy atom. The average molecular weight is 230 g/mol. The molecule has 3 rings (SSSR count). The molecular weight excluding hydrogens is 216 g/mol. The van der Waals surface area contributed by atoms with Crippen LogP contribution in [0.1, 0.15) is 18.4 Å². The number of methoxy groups -OCH3 is 1. The molecule has 17 heavy (non-hydrogen) atoms. The number of rotatable bonds is 1.